The smallest absolute Gasteiger partial charge is 0.214 e. The Morgan fingerprint density at radius 3 is 1.12 bits per heavy atom. The number of aliphatic hydroxyl groups excluding tert-OH is 1. The summed E-state index contributed by atoms with van der Waals surface area (Å²) >= 11 is 0. The Bertz CT molecular complexity index is 6330. The molecular weight excluding hydrogens is 1750 g/mol. The van der Waals surface area contributed by atoms with Crippen molar-refractivity contribution < 1.29 is 48.1 Å². The van der Waals surface area contributed by atoms with Crippen molar-refractivity contribution in [1.82, 2.24) is 69.8 Å². The van der Waals surface area contributed by atoms with Gasteiger partial charge in [-0.05, 0) is 145 Å². The van der Waals surface area contributed by atoms with Crippen LogP contribution in [-0.2, 0) is 46.9 Å². The first-order chi connectivity index (χ1) is 66.8. The summed E-state index contributed by atoms with van der Waals surface area (Å²) in [6.07, 6.45) is 24.7. The van der Waals surface area contributed by atoms with Gasteiger partial charge in [-0.15, -0.1) is 0 Å². The van der Waals surface area contributed by atoms with E-state index in [4.69, 9.17) is 57.9 Å². The van der Waals surface area contributed by atoms with Gasteiger partial charge >= 0.3 is 0 Å². The first kappa shape index (κ1) is 94.7. The number of rotatable bonds is 24. The molecule has 21 heterocycles. The third-order valence-corrected chi connectivity index (χ3v) is 25.5. The van der Waals surface area contributed by atoms with Gasteiger partial charge in [-0.1, -0.05) is 0 Å². The summed E-state index contributed by atoms with van der Waals surface area (Å²) < 4.78 is 45.5. The van der Waals surface area contributed by atoms with Crippen molar-refractivity contribution in [3.05, 3.63) is 243 Å². The number of aliphatic hydroxyl groups is 2. The number of methoxy groups -OCH3 is 2. The molecular formula is C103H121N25O10. The van der Waals surface area contributed by atoms with Crippen LogP contribution in [-0.4, -0.2) is 268 Å². The summed E-state index contributed by atoms with van der Waals surface area (Å²) in [4.78, 5) is 98.8. The van der Waals surface area contributed by atoms with E-state index in [1.807, 2.05) is 204 Å². The zero-order chi connectivity index (χ0) is 95.9. The monoisotopic (exact) mass is 1870 g/mol. The predicted octanol–water partition coefficient (Wildman–Crippen LogP) is 12.0. The van der Waals surface area contributed by atoms with E-state index < -0.39 is 11.7 Å². The Kier molecular flexibility index (Phi) is 28.7. The molecule has 6 fully saturated rings. The van der Waals surface area contributed by atoms with Crippen LogP contribution in [0.2, 0.25) is 0 Å². The Labute approximate surface area is 804 Å². The second-order valence-corrected chi connectivity index (χ2v) is 37.9. The molecule has 0 bridgehead atoms. The lowest BCUT2D eigenvalue weighted by Crippen LogP contribution is -2.56. The van der Waals surface area contributed by atoms with Crippen LogP contribution in [0.4, 0.5) is 34.9 Å². The number of ether oxygens (including phenoxy) is 8. The van der Waals surface area contributed by atoms with E-state index in [1.54, 1.807) is 45.6 Å². The number of hydrogen-bond acceptors (Lipinski definition) is 35. The minimum absolute atomic E-state index is 0.0685. The highest BCUT2D eigenvalue weighted by Crippen LogP contribution is 2.44. The van der Waals surface area contributed by atoms with E-state index in [9.17, 15) is 10.2 Å². The zero-order valence-corrected chi connectivity index (χ0v) is 80.9. The van der Waals surface area contributed by atoms with Gasteiger partial charge in [0.15, 0.2) is 0 Å². The van der Waals surface area contributed by atoms with E-state index in [0.29, 0.717) is 75.2 Å². The highest BCUT2D eigenvalue weighted by Gasteiger charge is 2.48. The molecule has 2 N–H and O–H groups in total. The molecule has 22 rings (SSSR count). The molecule has 0 aromatic carbocycles. The third-order valence-electron chi connectivity index (χ3n) is 25.5. The van der Waals surface area contributed by atoms with Crippen molar-refractivity contribution in [3.8, 4) is 29.4 Å². The second-order valence-electron chi connectivity index (χ2n) is 37.9. The normalized spacial score (nSPS) is 18.6. The number of fused-ring (bicyclic) bond motifs is 5. The molecule has 138 heavy (non-hydrogen) atoms. The summed E-state index contributed by atoms with van der Waals surface area (Å²) in [5, 5.41) is 20.2. The van der Waals surface area contributed by atoms with Crippen LogP contribution in [0.3, 0.4) is 0 Å². The van der Waals surface area contributed by atoms with Gasteiger partial charge < -0.3 is 77.5 Å². The lowest BCUT2D eigenvalue weighted by Gasteiger charge is -2.45. The molecule has 35 nitrogen and oxygen atoms in total. The molecule has 5 saturated heterocycles. The van der Waals surface area contributed by atoms with Crippen molar-refractivity contribution in [2.24, 2.45) is 30.9 Å². The Hall–Kier alpha value is -13.6. The summed E-state index contributed by atoms with van der Waals surface area (Å²) in [6, 6.07) is 28.1. The van der Waals surface area contributed by atoms with Crippen LogP contribution in [0.25, 0.3) is 0 Å². The number of hydrogen-bond donors (Lipinski definition) is 2. The highest BCUT2D eigenvalue weighted by atomic mass is 16.5. The van der Waals surface area contributed by atoms with Crippen LogP contribution in [0, 0.1) is 5.92 Å². The van der Waals surface area contributed by atoms with Gasteiger partial charge in [0.1, 0.15) is 60.0 Å². The standard InChI is InChI=1S/C22H24N8O.C21H24N4O2.C21H26N4O2.C20H24N4O3.C19H23N5O2/c1-15(2)31-21-9-17-16(11-24-21)12-25-22(17)18-10-20(28-14-26-18)30-7-5-29(6-8-30)19-3-4-23-13-27-19;1-14(2)27-19-10-17-16(11-23-19)12-24-20(17)15-3-6-22-18(9-15)25-7-8-26-21(13-25)4-5-21;1-13(2)27-19-8-17-15(9-23-19)10-24-20(17)14-5-6-22-18(7-14)25-11-16(12-25)21(3,4)26;1-12(2)27-19-7-15-14(8-22-19)9-23-20(15)13-4-5-21-18(6-13)24-10-16(25)17(11-24)26-3;1-12(2)26-18-6-15-13(8-20-18)9-21-19(15)16-7-17(23-11-22-16)24-5-4-14(10-24)25-3/h3-4,9-11,13-15H,5-8,12H2,1-2H3;3,6,9-11,14H,4-5,7-8,12-13H2,1-2H3;5-9,13,16,26H,10-12H2,1-4H3;4-8,12,16-17,25H,9-11H2,1-3H3;6-8,11-12,14H,4-5,9-10H2,1-3H3/t;;;16-,17-;14-/m...00/s1. The maximum Gasteiger partial charge on any atom is 0.214 e. The second kappa shape index (κ2) is 41.8. The van der Waals surface area contributed by atoms with Crippen molar-refractivity contribution in [2.75, 3.05) is 129 Å². The Balaban J connectivity index is 0.000000115. The van der Waals surface area contributed by atoms with Crippen molar-refractivity contribution >= 4 is 63.5 Å². The average molecular weight is 1870 g/mol. The lowest BCUT2D eigenvalue weighted by atomic mass is 9.84. The first-order valence-electron chi connectivity index (χ1n) is 47.7. The Morgan fingerprint density at radius 1 is 0.370 bits per heavy atom. The van der Waals surface area contributed by atoms with E-state index in [2.05, 4.69) is 111 Å². The minimum atomic E-state index is -0.650. The largest absolute Gasteiger partial charge is 0.475 e. The lowest BCUT2D eigenvalue weighted by molar-refractivity contribution is 0.00437. The molecule has 11 aromatic heterocycles. The zero-order valence-electron chi connectivity index (χ0n) is 80.9. The number of morpholine rings is 1. The summed E-state index contributed by atoms with van der Waals surface area (Å²) in [5.74, 6) is 8.92. The van der Waals surface area contributed by atoms with Gasteiger partial charge in [-0.2, -0.15) is 0 Å². The molecule has 11 aromatic rings. The van der Waals surface area contributed by atoms with Crippen LogP contribution in [0.5, 0.6) is 29.4 Å². The van der Waals surface area contributed by atoms with Crippen LogP contribution >= 0.6 is 0 Å². The van der Waals surface area contributed by atoms with Gasteiger partial charge in [0, 0.05) is 269 Å². The van der Waals surface area contributed by atoms with Gasteiger partial charge in [-0.25, -0.2) is 69.8 Å². The number of β-amino-alcohol motifs (C(OH)–C–C–N with tert-alkyl or cyclic N) is 1. The van der Waals surface area contributed by atoms with E-state index in [-0.39, 0.29) is 54.2 Å². The molecule has 718 valence electrons. The number of aliphatic imine (C=N–C) groups is 5. The topological polar surface area (TPSA) is 376 Å². The molecule has 1 aliphatic carbocycles. The maximum absolute atomic E-state index is 10.1. The average Bonchev–Trinajstić information content (AvgIpc) is 1.04. The number of pyridine rings is 8. The predicted molar refractivity (Wildman–Crippen MR) is 529 cm³/mol. The molecule has 1 saturated carbocycles. The van der Waals surface area contributed by atoms with Crippen molar-refractivity contribution in [3.63, 3.8) is 0 Å². The third kappa shape index (κ3) is 22.3. The molecule has 0 radical (unpaired) electrons. The summed E-state index contributed by atoms with van der Waals surface area (Å²) in [6.45, 7) is 37.4. The van der Waals surface area contributed by atoms with E-state index >= 15 is 0 Å². The van der Waals surface area contributed by atoms with Gasteiger partial charge in [-0.3, -0.25) is 25.0 Å². The number of nitrogens with zero attached hydrogens (tertiary/aromatic N) is 25. The molecule has 10 aliphatic heterocycles. The SMILES string of the molecule is CC(C)Oc1cc2c(cn1)CN=C2c1cc(N2CCN(c3ccncn3)CC2)ncn1.CC(C)Oc1cc2c(cn1)CN=C2c1ccnc(N2CC(C(C)(C)O)C2)c1.CC(C)Oc1cc2c(cn1)CN=C2c1ccnc(N2CCOC3(CC3)C2)c1.CO[C@H]1CCN(c2cc(C3=NCc4cnc(OC(C)C)cc43)ncn2)C1.CO[C@H]1CN(c2cc(C3=NCc4cnc(OC(C)C)cc43)ccn2)C[C@@H]1O. The number of aromatic nitrogens is 14. The first-order valence-corrected chi connectivity index (χ1v) is 47.7. The minimum Gasteiger partial charge on any atom is -0.475 e. The molecule has 3 atom stereocenters. The quantitative estimate of drug-likeness (QED) is 0.0567. The highest BCUT2D eigenvalue weighted by molar-refractivity contribution is 6.18. The van der Waals surface area contributed by atoms with Crippen molar-refractivity contribution in [1.29, 1.82) is 0 Å². The van der Waals surface area contributed by atoms with Gasteiger partial charge in [0.2, 0.25) is 29.4 Å². The molecule has 1 spiro atoms. The fourth-order valence-corrected chi connectivity index (χ4v) is 18.1. The van der Waals surface area contributed by atoms with E-state index in [0.717, 1.165) is 238 Å². The molecule has 11 aliphatic rings. The summed E-state index contributed by atoms with van der Waals surface area (Å²) in [5.41, 5.74) is 19.7. The van der Waals surface area contributed by atoms with Crippen LogP contribution in [0.1, 0.15) is 186 Å². The number of anilines is 6. The van der Waals surface area contributed by atoms with Crippen LogP contribution in [0.15, 0.2) is 185 Å². The maximum atomic E-state index is 10.1. The molecule has 0 amide bonds. The van der Waals surface area contributed by atoms with Gasteiger partial charge in [0.25, 0.3) is 0 Å². The fraction of sp³-hybridized carbons (Fsp3) is 0.447. The van der Waals surface area contributed by atoms with E-state index in [1.165, 1.54) is 0 Å². The molecule has 35 heteroatoms. The summed E-state index contributed by atoms with van der Waals surface area (Å²) in [7, 11) is 3.38. The Morgan fingerprint density at radius 2 is 0.746 bits per heavy atom. The van der Waals surface area contributed by atoms with Crippen molar-refractivity contribution in [2.45, 2.75) is 195 Å². The number of piperazine rings is 1. The van der Waals surface area contributed by atoms with Crippen LogP contribution < -0.4 is 53.1 Å². The fourth-order valence-electron chi connectivity index (χ4n) is 18.1. The molecule has 0 unspecified atom stereocenters. The van der Waals surface area contributed by atoms with Gasteiger partial charge in [0.05, 0.1) is 133 Å².